The molecule has 0 unspecified atom stereocenters. The Kier molecular flexibility index (Phi) is 6.40. The standard InChI is InChI=1S/C12H16BrFN2O2S.ClH/c13-10-1-2-11(14)12(7-10)19(17,18)16-5-3-9(8-15)4-6-16;/h1-2,7,9H,3-6,8,15H2;1H. The van der Waals surface area contributed by atoms with Crippen molar-refractivity contribution >= 4 is 38.4 Å². The largest absolute Gasteiger partial charge is 0.330 e. The van der Waals surface area contributed by atoms with Crippen molar-refractivity contribution in [3.8, 4) is 0 Å². The lowest BCUT2D eigenvalue weighted by molar-refractivity contribution is 0.278. The van der Waals surface area contributed by atoms with Gasteiger partial charge in [0, 0.05) is 17.6 Å². The maximum atomic E-state index is 13.7. The average molecular weight is 388 g/mol. The molecule has 1 heterocycles. The maximum absolute atomic E-state index is 13.7. The van der Waals surface area contributed by atoms with E-state index in [9.17, 15) is 12.8 Å². The summed E-state index contributed by atoms with van der Waals surface area (Å²) in [5.41, 5.74) is 5.58. The van der Waals surface area contributed by atoms with E-state index in [0.29, 0.717) is 30.0 Å². The number of nitrogens with two attached hydrogens (primary N) is 1. The third-order valence-electron chi connectivity index (χ3n) is 3.42. The number of halogens is 3. The zero-order chi connectivity index (χ0) is 14.0. The first-order chi connectivity index (χ1) is 8.95. The van der Waals surface area contributed by atoms with E-state index in [1.165, 1.54) is 16.4 Å². The number of hydrogen-bond acceptors (Lipinski definition) is 3. The highest BCUT2D eigenvalue weighted by Gasteiger charge is 2.31. The lowest BCUT2D eigenvalue weighted by atomic mass is 9.99. The van der Waals surface area contributed by atoms with Crippen LogP contribution in [0.1, 0.15) is 12.8 Å². The number of rotatable bonds is 3. The molecule has 4 nitrogen and oxygen atoms in total. The molecule has 1 saturated heterocycles. The van der Waals surface area contributed by atoms with Gasteiger partial charge in [-0.25, -0.2) is 12.8 Å². The van der Waals surface area contributed by atoms with Crippen LogP contribution in [0.3, 0.4) is 0 Å². The van der Waals surface area contributed by atoms with E-state index >= 15 is 0 Å². The van der Waals surface area contributed by atoms with Crippen LogP contribution < -0.4 is 5.73 Å². The van der Waals surface area contributed by atoms with Crippen LogP contribution in [-0.4, -0.2) is 32.4 Å². The van der Waals surface area contributed by atoms with Gasteiger partial charge in [-0.05, 0) is 43.5 Å². The highest BCUT2D eigenvalue weighted by atomic mass is 79.9. The van der Waals surface area contributed by atoms with Crippen LogP contribution in [0, 0.1) is 11.7 Å². The van der Waals surface area contributed by atoms with Crippen molar-refractivity contribution in [2.24, 2.45) is 11.7 Å². The van der Waals surface area contributed by atoms with E-state index < -0.39 is 15.8 Å². The van der Waals surface area contributed by atoms with E-state index in [4.69, 9.17) is 5.73 Å². The Morgan fingerprint density at radius 1 is 1.35 bits per heavy atom. The molecule has 2 rings (SSSR count). The molecule has 0 radical (unpaired) electrons. The van der Waals surface area contributed by atoms with Crippen molar-refractivity contribution < 1.29 is 12.8 Å². The zero-order valence-corrected chi connectivity index (χ0v) is 14.0. The van der Waals surface area contributed by atoms with Crippen LogP contribution in [0.4, 0.5) is 4.39 Å². The second-order valence-corrected chi connectivity index (χ2v) is 7.48. The summed E-state index contributed by atoms with van der Waals surface area (Å²) in [6, 6.07) is 3.94. The molecule has 2 N–H and O–H groups in total. The van der Waals surface area contributed by atoms with Crippen LogP contribution >= 0.6 is 28.3 Å². The second kappa shape index (κ2) is 7.17. The monoisotopic (exact) mass is 386 g/mol. The Morgan fingerprint density at radius 2 is 1.95 bits per heavy atom. The third-order valence-corrected chi connectivity index (χ3v) is 5.82. The lowest BCUT2D eigenvalue weighted by Crippen LogP contribution is -2.40. The van der Waals surface area contributed by atoms with Crippen LogP contribution in [-0.2, 0) is 10.0 Å². The predicted octanol–water partition coefficient (Wildman–Crippen LogP) is 2.37. The highest BCUT2D eigenvalue weighted by molar-refractivity contribution is 9.10. The van der Waals surface area contributed by atoms with Crippen molar-refractivity contribution in [2.45, 2.75) is 17.7 Å². The van der Waals surface area contributed by atoms with Gasteiger partial charge >= 0.3 is 0 Å². The molecule has 1 fully saturated rings. The molecule has 1 aliphatic rings. The number of sulfonamides is 1. The average Bonchev–Trinajstić information content (AvgIpc) is 2.41. The molecule has 0 atom stereocenters. The smallest absolute Gasteiger partial charge is 0.246 e. The third kappa shape index (κ3) is 3.71. The van der Waals surface area contributed by atoms with Crippen LogP contribution in [0.15, 0.2) is 27.6 Å². The molecule has 1 aromatic rings. The summed E-state index contributed by atoms with van der Waals surface area (Å²) in [6.07, 6.45) is 1.46. The Labute approximate surface area is 133 Å². The normalized spacial score (nSPS) is 17.8. The van der Waals surface area contributed by atoms with E-state index in [2.05, 4.69) is 15.9 Å². The van der Waals surface area contributed by atoms with E-state index in [1.807, 2.05) is 0 Å². The van der Waals surface area contributed by atoms with Gasteiger partial charge in [-0.2, -0.15) is 4.31 Å². The molecule has 0 bridgehead atoms. The molecule has 0 aromatic heterocycles. The van der Waals surface area contributed by atoms with Gasteiger partial charge in [-0.1, -0.05) is 15.9 Å². The first-order valence-electron chi connectivity index (χ1n) is 6.10. The Morgan fingerprint density at radius 3 is 2.50 bits per heavy atom. The van der Waals surface area contributed by atoms with Gasteiger partial charge in [-0.15, -0.1) is 12.4 Å². The summed E-state index contributed by atoms with van der Waals surface area (Å²) in [5, 5.41) is 0. The maximum Gasteiger partial charge on any atom is 0.246 e. The molecular weight excluding hydrogens is 371 g/mol. The summed E-state index contributed by atoms with van der Waals surface area (Å²) in [6.45, 7) is 1.37. The molecule has 0 aliphatic carbocycles. The Bertz CT molecular complexity index is 563. The fraction of sp³-hybridized carbons (Fsp3) is 0.500. The van der Waals surface area contributed by atoms with Crippen LogP contribution in [0.25, 0.3) is 0 Å². The minimum Gasteiger partial charge on any atom is -0.330 e. The number of benzene rings is 1. The lowest BCUT2D eigenvalue weighted by Gasteiger charge is -2.30. The van der Waals surface area contributed by atoms with Gasteiger partial charge in [0.25, 0.3) is 0 Å². The molecule has 8 heteroatoms. The van der Waals surface area contributed by atoms with Gasteiger partial charge in [0.05, 0.1) is 0 Å². The van der Waals surface area contributed by atoms with E-state index in [0.717, 1.165) is 18.9 Å². The Balaban J connectivity index is 0.00000200. The number of piperidine rings is 1. The van der Waals surface area contributed by atoms with Crippen molar-refractivity contribution in [3.63, 3.8) is 0 Å². The molecule has 0 saturated carbocycles. The van der Waals surface area contributed by atoms with Gasteiger partial charge in [0.2, 0.25) is 10.0 Å². The molecule has 1 aliphatic heterocycles. The van der Waals surface area contributed by atoms with Crippen molar-refractivity contribution in [3.05, 3.63) is 28.5 Å². The van der Waals surface area contributed by atoms with E-state index in [1.54, 1.807) is 0 Å². The van der Waals surface area contributed by atoms with E-state index in [-0.39, 0.29) is 17.3 Å². The van der Waals surface area contributed by atoms with Gasteiger partial charge in [0.1, 0.15) is 10.7 Å². The summed E-state index contributed by atoms with van der Waals surface area (Å²) in [4.78, 5) is -0.270. The first-order valence-corrected chi connectivity index (χ1v) is 8.33. The SMILES string of the molecule is Cl.NCC1CCN(S(=O)(=O)c2cc(Br)ccc2F)CC1. The summed E-state index contributed by atoms with van der Waals surface area (Å²) < 4.78 is 40.4. The van der Waals surface area contributed by atoms with Crippen molar-refractivity contribution in [1.82, 2.24) is 4.31 Å². The predicted molar refractivity (Wildman–Crippen MR) is 81.9 cm³/mol. The molecule has 1 aromatic carbocycles. The quantitative estimate of drug-likeness (QED) is 0.866. The summed E-state index contributed by atoms with van der Waals surface area (Å²) >= 11 is 3.17. The minimum absolute atomic E-state index is 0. The highest BCUT2D eigenvalue weighted by Crippen LogP contribution is 2.26. The van der Waals surface area contributed by atoms with Crippen molar-refractivity contribution in [2.75, 3.05) is 19.6 Å². The van der Waals surface area contributed by atoms with Gasteiger partial charge in [-0.3, -0.25) is 0 Å². The number of nitrogens with zero attached hydrogens (tertiary/aromatic N) is 1. The minimum atomic E-state index is -3.76. The first kappa shape index (κ1) is 17.8. The second-order valence-electron chi connectivity index (χ2n) is 4.66. The number of hydrogen-bond donors (Lipinski definition) is 1. The molecule has 20 heavy (non-hydrogen) atoms. The molecular formula is C12H17BrClFN2O2S. The fourth-order valence-corrected chi connectivity index (χ4v) is 4.27. The van der Waals surface area contributed by atoms with Gasteiger partial charge in [0.15, 0.2) is 0 Å². The Hall–Kier alpha value is -0.210. The zero-order valence-electron chi connectivity index (χ0n) is 10.8. The van der Waals surface area contributed by atoms with Crippen LogP contribution in [0.2, 0.25) is 0 Å². The van der Waals surface area contributed by atoms with Crippen molar-refractivity contribution in [1.29, 1.82) is 0 Å². The summed E-state index contributed by atoms with van der Waals surface area (Å²) in [5.74, 6) is -0.358. The fourth-order valence-electron chi connectivity index (χ4n) is 2.20. The summed E-state index contributed by atoms with van der Waals surface area (Å²) in [7, 11) is -3.76. The molecule has 0 amide bonds. The molecule has 0 spiro atoms. The van der Waals surface area contributed by atoms with Gasteiger partial charge < -0.3 is 5.73 Å². The topological polar surface area (TPSA) is 63.4 Å². The van der Waals surface area contributed by atoms with Crippen LogP contribution in [0.5, 0.6) is 0 Å². The molecule has 114 valence electrons.